The van der Waals surface area contributed by atoms with Crippen LogP contribution in [0.15, 0.2) is 5.16 Å². The first kappa shape index (κ1) is 9.70. The summed E-state index contributed by atoms with van der Waals surface area (Å²) in [5.74, 6) is -0.787. The molecule has 0 unspecified atom stereocenters. The van der Waals surface area contributed by atoms with Gasteiger partial charge in [-0.1, -0.05) is 5.16 Å². The van der Waals surface area contributed by atoms with Crippen molar-refractivity contribution >= 4 is 17.6 Å². The Bertz CT molecular complexity index is 281. The van der Waals surface area contributed by atoms with Crippen LogP contribution in [0.5, 0.6) is 0 Å². The molecule has 0 saturated carbocycles. The lowest BCUT2D eigenvalue weighted by Gasteiger charge is -2.13. The predicted molar refractivity (Wildman–Crippen MR) is 45.7 cm³/mol. The topological polar surface area (TPSA) is 81.8 Å². The number of oxime groups is 1. The first-order valence-electron chi connectivity index (χ1n) is 4.01. The van der Waals surface area contributed by atoms with E-state index in [-0.39, 0.29) is 12.4 Å². The molecule has 0 aliphatic carbocycles. The molecule has 1 rings (SSSR count). The zero-order valence-electron chi connectivity index (χ0n) is 7.66. The van der Waals surface area contributed by atoms with E-state index in [0.29, 0.717) is 12.1 Å². The molecule has 0 fully saturated rings. The predicted octanol–water partition coefficient (Wildman–Crippen LogP) is 0.191. The first-order valence-corrected chi connectivity index (χ1v) is 4.01. The van der Waals surface area contributed by atoms with Crippen molar-refractivity contribution in [3.05, 3.63) is 0 Å². The van der Waals surface area contributed by atoms with Gasteiger partial charge >= 0.3 is 5.97 Å². The third-order valence-electron chi connectivity index (χ3n) is 2.08. The molecule has 5 nitrogen and oxygen atoms in total. The lowest BCUT2D eigenvalue weighted by atomic mass is 9.86. The summed E-state index contributed by atoms with van der Waals surface area (Å²) in [5, 5.41) is 3.60. The number of primary amides is 1. The third kappa shape index (κ3) is 1.85. The van der Waals surface area contributed by atoms with Gasteiger partial charge in [-0.15, -0.1) is 0 Å². The number of nitrogens with zero attached hydrogens (tertiary/aromatic N) is 1. The summed E-state index contributed by atoms with van der Waals surface area (Å²) in [5.41, 5.74) is 4.84. The number of carbonyl (C=O) groups is 2. The molecule has 2 N–H and O–H groups in total. The molecule has 1 amide bonds. The van der Waals surface area contributed by atoms with Gasteiger partial charge < -0.3 is 10.6 Å². The maximum Gasteiger partial charge on any atom is 0.346 e. The van der Waals surface area contributed by atoms with Crippen LogP contribution in [-0.2, 0) is 14.4 Å². The summed E-state index contributed by atoms with van der Waals surface area (Å²) in [6, 6.07) is 0. The smallest absolute Gasteiger partial charge is 0.346 e. The maximum atomic E-state index is 11.1. The van der Waals surface area contributed by atoms with Crippen molar-refractivity contribution in [3.8, 4) is 0 Å². The van der Waals surface area contributed by atoms with E-state index in [9.17, 15) is 9.59 Å². The van der Waals surface area contributed by atoms with Gasteiger partial charge in [0.1, 0.15) is 5.41 Å². The highest BCUT2D eigenvalue weighted by Crippen LogP contribution is 2.28. The van der Waals surface area contributed by atoms with Crippen molar-refractivity contribution in [1.82, 2.24) is 0 Å². The Labute approximate surface area is 75.9 Å². The average molecular weight is 184 g/mol. The Morgan fingerprint density at radius 2 is 2.23 bits per heavy atom. The fourth-order valence-corrected chi connectivity index (χ4v) is 1.04. The molecule has 5 heteroatoms. The molecule has 0 radical (unpaired) electrons. The van der Waals surface area contributed by atoms with E-state index in [0.717, 1.165) is 0 Å². The molecule has 0 aromatic heterocycles. The van der Waals surface area contributed by atoms with Crippen LogP contribution < -0.4 is 5.73 Å². The Kier molecular flexibility index (Phi) is 2.36. The largest absolute Gasteiger partial charge is 0.370 e. The van der Waals surface area contributed by atoms with Crippen LogP contribution in [0.4, 0.5) is 0 Å². The lowest BCUT2D eigenvalue weighted by Crippen LogP contribution is -2.29. The van der Waals surface area contributed by atoms with Gasteiger partial charge in [0.25, 0.3) is 0 Å². The van der Waals surface area contributed by atoms with Crippen molar-refractivity contribution in [2.24, 2.45) is 16.3 Å². The van der Waals surface area contributed by atoms with E-state index in [4.69, 9.17) is 5.73 Å². The molecule has 0 aromatic carbocycles. The Hall–Kier alpha value is -1.39. The van der Waals surface area contributed by atoms with Gasteiger partial charge in [0.2, 0.25) is 5.91 Å². The molecule has 72 valence electrons. The highest BCUT2D eigenvalue weighted by molar-refractivity contribution is 6.09. The number of amides is 1. The number of hydrogen-bond acceptors (Lipinski definition) is 4. The highest BCUT2D eigenvalue weighted by atomic mass is 16.7. The molecule has 0 spiro atoms. The fraction of sp³-hybridized carbons (Fsp3) is 0.625. The normalized spacial score (nSPS) is 19.5. The van der Waals surface area contributed by atoms with Crippen molar-refractivity contribution < 1.29 is 14.4 Å². The highest BCUT2D eigenvalue weighted by Gasteiger charge is 2.40. The number of carbonyl (C=O) groups excluding carboxylic acids is 2. The van der Waals surface area contributed by atoms with Crippen molar-refractivity contribution in [3.63, 3.8) is 0 Å². The van der Waals surface area contributed by atoms with Crippen LogP contribution in [0.1, 0.15) is 26.7 Å². The second kappa shape index (κ2) is 3.16. The van der Waals surface area contributed by atoms with Crippen molar-refractivity contribution in [1.29, 1.82) is 0 Å². The summed E-state index contributed by atoms with van der Waals surface area (Å²) in [6.07, 6.45) is 0.576. The Morgan fingerprint density at radius 3 is 2.62 bits per heavy atom. The number of nitrogens with two attached hydrogens (primary N) is 1. The van der Waals surface area contributed by atoms with E-state index in [2.05, 4.69) is 9.99 Å². The summed E-state index contributed by atoms with van der Waals surface area (Å²) in [7, 11) is 0. The molecular weight excluding hydrogens is 172 g/mol. The third-order valence-corrected chi connectivity index (χ3v) is 2.08. The molecule has 13 heavy (non-hydrogen) atoms. The summed E-state index contributed by atoms with van der Waals surface area (Å²) >= 11 is 0. The van der Waals surface area contributed by atoms with E-state index in [1.165, 1.54) is 0 Å². The maximum absolute atomic E-state index is 11.1. The second-order valence-corrected chi connectivity index (χ2v) is 3.51. The van der Waals surface area contributed by atoms with Crippen molar-refractivity contribution in [2.75, 3.05) is 0 Å². The molecule has 1 aliphatic rings. The van der Waals surface area contributed by atoms with Gasteiger partial charge in [-0.2, -0.15) is 0 Å². The van der Waals surface area contributed by atoms with Crippen LogP contribution in [0.2, 0.25) is 0 Å². The van der Waals surface area contributed by atoms with Gasteiger partial charge in [0, 0.05) is 6.42 Å². The van der Waals surface area contributed by atoms with Gasteiger partial charge in [-0.25, -0.2) is 4.79 Å². The zero-order valence-corrected chi connectivity index (χ0v) is 7.66. The molecular formula is C8H12N2O3. The van der Waals surface area contributed by atoms with Crippen LogP contribution >= 0.6 is 0 Å². The standard InChI is InChI=1S/C8H12N2O3/c1-8(2)5(3-4-6(9)11)10-13-7(8)12/h3-4H2,1-2H3,(H2,9,11). The SMILES string of the molecule is CC1(C)C(=O)ON=C1CCC(N)=O. The minimum atomic E-state index is -0.713. The van der Waals surface area contributed by atoms with Crippen LogP contribution in [0.3, 0.4) is 0 Å². The van der Waals surface area contributed by atoms with Gasteiger partial charge in [0.15, 0.2) is 0 Å². The molecule has 0 atom stereocenters. The van der Waals surface area contributed by atoms with Crippen LogP contribution in [0, 0.1) is 5.41 Å². The van der Waals surface area contributed by atoms with Gasteiger partial charge in [-0.3, -0.25) is 4.79 Å². The van der Waals surface area contributed by atoms with Gasteiger partial charge in [-0.05, 0) is 20.3 Å². The summed E-state index contributed by atoms with van der Waals surface area (Å²) in [6.45, 7) is 3.42. The van der Waals surface area contributed by atoms with E-state index >= 15 is 0 Å². The molecule has 0 saturated heterocycles. The number of rotatable bonds is 3. The molecule has 1 aliphatic heterocycles. The van der Waals surface area contributed by atoms with Crippen LogP contribution in [0.25, 0.3) is 0 Å². The van der Waals surface area contributed by atoms with Crippen molar-refractivity contribution in [2.45, 2.75) is 26.7 Å². The second-order valence-electron chi connectivity index (χ2n) is 3.51. The van der Waals surface area contributed by atoms with E-state index in [1.807, 2.05) is 0 Å². The van der Waals surface area contributed by atoms with E-state index < -0.39 is 11.3 Å². The Balaban J connectivity index is 2.62. The van der Waals surface area contributed by atoms with Gasteiger partial charge in [0.05, 0.1) is 5.71 Å². The minimum Gasteiger partial charge on any atom is -0.370 e. The summed E-state index contributed by atoms with van der Waals surface area (Å²) < 4.78 is 0. The lowest BCUT2D eigenvalue weighted by molar-refractivity contribution is -0.146. The molecule has 0 aromatic rings. The quantitative estimate of drug-likeness (QED) is 0.635. The van der Waals surface area contributed by atoms with E-state index in [1.54, 1.807) is 13.8 Å². The summed E-state index contributed by atoms with van der Waals surface area (Å²) in [4.78, 5) is 26.1. The molecule has 1 heterocycles. The monoisotopic (exact) mass is 184 g/mol. The Morgan fingerprint density at radius 1 is 1.62 bits per heavy atom. The van der Waals surface area contributed by atoms with Crippen LogP contribution in [-0.4, -0.2) is 17.6 Å². The minimum absolute atomic E-state index is 0.193. The number of hydrogen-bond donors (Lipinski definition) is 1. The fourth-order valence-electron chi connectivity index (χ4n) is 1.04. The first-order chi connectivity index (χ1) is 5.94. The zero-order chi connectivity index (χ0) is 10.1. The molecule has 0 bridgehead atoms. The average Bonchev–Trinajstić information content (AvgIpc) is 2.25.